The van der Waals surface area contributed by atoms with Gasteiger partial charge in [-0.1, -0.05) is 22.9 Å². The molecule has 1 aliphatic rings. The molecule has 18 heavy (non-hydrogen) atoms. The molecular formula is C15H22BrNO. The van der Waals surface area contributed by atoms with Crippen LogP contribution in [0.15, 0.2) is 22.7 Å². The zero-order chi connectivity index (χ0) is 13.1. The van der Waals surface area contributed by atoms with Crippen LogP contribution in [0.2, 0.25) is 0 Å². The minimum Gasteiger partial charge on any atom is -0.496 e. The Morgan fingerprint density at radius 1 is 1.44 bits per heavy atom. The molecule has 0 saturated heterocycles. The summed E-state index contributed by atoms with van der Waals surface area (Å²) in [6.45, 7) is 2.36. The Hall–Kier alpha value is -0.540. The minimum absolute atomic E-state index is 0.528. The second-order valence-electron chi connectivity index (χ2n) is 5.25. The largest absolute Gasteiger partial charge is 0.496 e. The van der Waals surface area contributed by atoms with Crippen LogP contribution in [0.25, 0.3) is 0 Å². The fourth-order valence-corrected chi connectivity index (χ4v) is 3.05. The lowest BCUT2D eigenvalue weighted by molar-refractivity contribution is 0.350. The molecule has 1 fully saturated rings. The monoisotopic (exact) mass is 311 g/mol. The predicted octanol–water partition coefficient (Wildman–Crippen LogP) is 3.63. The fraction of sp³-hybridized carbons (Fsp3) is 0.600. The van der Waals surface area contributed by atoms with Crippen LogP contribution in [0.5, 0.6) is 5.75 Å². The van der Waals surface area contributed by atoms with E-state index in [0.29, 0.717) is 6.04 Å². The quantitative estimate of drug-likeness (QED) is 0.866. The zero-order valence-corrected chi connectivity index (χ0v) is 13.0. The van der Waals surface area contributed by atoms with Gasteiger partial charge in [0, 0.05) is 10.5 Å². The molecular weight excluding hydrogens is 290 g/mol. The third-order valence-corrected chi connectivity index (χ3v) is 4.55. The maximum absolute atomic E-state index is 5.45. The van der Waals surface area contributed by atoms with E-state index in [-0.39, 0.29) is 0 Å². The van der Waals surface area contributed by atoms with E-state index in [1.54, 1.807) is 7.11 Å². The van der Waals surface area contributed by atoms with Crippen molar-refractivity contribution in [3.8, 4) is 5.75 Å². The first-order valence-corrected chi connectivity index (χ1v) is 7.44. The van der Waals surface area contributed by atoms with E-state index in [1.165, 1.54) is 18.4 Å². The van der Waals surface area contributed by atoms with E-state index in [4.69, 9.17) is 4.74 Å². The summed E-state index contributed by atoms with van der Waals surface area (Å²) < 4.78 is 6.57. The molecule has 0 aliphatic heterocycles. The SMILES string of the molecule is CNC(Cc1cc(Br)ccc1OC)C(C)C1CC1. The average Bonchev–Trinajstić information content (AvgIpc) is 3.19. The Labute approximate surface area is 118 Å². The number of halogens is 1. The average molecular weight is 312 g/mol. The first-order valence-electron chi connectivity index (χ1n) is 6.65. The highest BCUT2D eigenvalue weighted by Gasteiger charge is 2.32. The molecule has 0 radical (unpaired) electrons. The van der Waals surface area contributed by atoms with Crippen molar-refractivity contribution in [2.45, 2.75) is 32.2 Å². The number of likely N-dealkylation sites (N-methyl/N-ethyl adjacent to an activating group) is 1. The summed E-state index contributed by atoms with van der Waals surface area (Å²) in [5.74, 6) is 2.64. The van der Waals surface area contributed by atoms with E-state index in [9.17, 15) is 0 Å². The van der Waals surface area contributed by atoms with Crippen LogP contribution in [0, 0.1) is 11.8 Å². The van der Waals surface area contributed by atoms with Crippen molar-refractivity contribution in [1.82, 2.24) is 5.32 Å². The van der Waals surface area contributed by atoms with Crippen LogP contribution in [-0.2, 0) is 6.42 Å². The Kier molecular flexibility index (Phi) is 4.68. The number of nitrogens with one attached hydrogen (secondary N) is 1. The highest BCUT2D eigenvalue weighted by atomic mass is 79.9. The van der Waals surface area contributed by atoms with Gasteiger partial charge in [0.25, 0.3) is 0 Å². The molecule has 0 amide bonds. The highest BCUT2D eigenvalue weighted by Crippen LogP contribution is 2.39. The molecule has 1 aromatic rings. The highest BCUT2D eigenvalue weighted by molar-refractivity contribution is 9.10. The number of benzene rings is 1. The van der Waals surface area contributed by atoms with Gasteiger partial charge in [-0.2, -0.15) is 0 Å². The standard InChI is InChI=1S/C15H22BrNO/c1-10(11-4-5-11)14(17-2)9-12-8-13(16)6-7-15(12)18-3/h6-8,10-11,14,17H,4-5,9H2,1-3H3. The third kappa shape index (κ3) is 3.27. The van der Waals surface area contributed by atoms with E-state index in [1.807, 2.05) is 12.1 Å². The summed E-state index contributed by atoms with van der Waals surface area (Å²) in [4.78, 5) is 0. The number of methoxy groups -OCH3 is 1. The second-order valence-corrected chi connectivity index (χ2v) is 6.17. The smallest absolute Gasteiger partial charge is 0.122 e. The molecule has 3 heteroatoms. The van der Waals surface area contributed by atoms with Crippen LogP contribution in [-0.4, -0.2) is 20.2 Å². The molecule has 0 spiro atoms. The lowest BCUT2D eigenvalue weighted by Crippen LogP contribution is -2.35. The molecule has 2 unspecified atom stereocenters. The summed E-state index contributed by atoms with van der Waals surface area (Å²) in [6, 6.07) is 6.76. The molecule has 100 valence electrons. The molecule has 2 nitrogen and oxygen atoms in total. The second kappa shape index (κ2) is 6.07. The van der Waals surface area contributed by atoms with Crippen LogP contribution in [0.4, 0.5) is 0 Å². The van der Waals surface area contributed by atoms with Gasteiger partial charge in [-0.25, -0.2) is 0 Å². The van der Waals surface area contributed by atoms with Crippen LogP contribution < -0.4 is 10.1 Å². The zero-order valence-electron chi connectivity index (χ0n) is 11.4. The maximum atomic E-state index is 5.45. The third-order valence-electron chi connectivity index (χ3n) is 4.05. The van der Waals surface area contributed by atoms with Crippen LogP contribution >= 0.6 is 15.9 Å². The first kappa shape index (κ1) is 13.9. The van der Waals surface area contributed by atoms with Crippen molar-refractivity contribution in [1.29, 1.82) is 0 Å². The van der Waals surface area contributed by atoms with E-state index in [0.717, 1.165) is 28.5 Å². The molecule has 2 atom stereocenters. The van der Waals surface area contributed by atoms with Gasteiger partial charge >= 0.3 is 0 Å². The minimum atomic E-state index is 0.528. The summed E-state index contributed by atoms with van der Waals surface area (Å²) in [5.41, 5.74) is 1.28. The molecule has 1 saturated carbocycles. The Bertz CT molecular complexity index is 403. The molecule has 0 heterocycles. The summed E-state index contributed by atoms with van der Waals surface area (Å²) >= 11 is 3.54. The number of hydrogen-bond donors (Lipinski definition) is 1. The lowest BCUT2D eigenvalue weighted by Gasteiger charge is -2.24. The number of hydrogen-bond acceptors (Lipinski definition) is 2. The van der Waals surface area contributed by atoms with Gasteiger partial charge in [0.05, 0.1) is 7.11 Å². The number of ether oxygens (including phenoxy) is 1. The Morgan fingerprint density at radius 3 is 2.72 bits per heavy atom. The van der Waals surface area contributed by atoms with Crippen molar-refractivity contribution < 1.29 is 4.74 Å². The summed E-state index contributed by atoms with van der Waals surface area (Å²) in [7, 11) is 3.81. The lowest BCUT2D eigenvalue weighted by atomic mass is 9.91. The van der Waals surface area contributed by atoms with Gasteiger partial charge < -0.3 is 10.1 Å². The molecule has 1 N–H and O–H groups in total. The topological polar surface area (TPSA) is 21.3 Å². The Morgan fingerprint density at radius 2 is 2.17 bits per heavy atom. The van der Waals surface area contributed by atoms with Crippen molar-refractivity contribution in [3.05, 3.63) is 28.2 Å². The molecule has 1 aliphatic carbocycles. The van der Waals surface area contributed by atoms with Gasteiger partial charge in [-0.3, -0.25) is 0 Å². The van der Waals surface area contributed by atoms with Crippen LogP contribution in [0.3, 0.4) is 0 Å². The van der Waals surface area contributed by atoms with Crippen molar-refractivity contribution in [2.75, 3.05) is 14.2 Å². The number of rotatable bonds is 6. The van der Waals surface area contributed by atoms with E-state index < -0.39 is 0 Å². The van der Waals surface area contributed by atoms with Gasteiger partial charge in [0.1, 0.15) is 5.75 Å². The van der Waals surface area contributed by atoms with E-state index >= 15 is 0 Å². The van der Waals surface area contributed by atoms with Crippen molar-refractivity contribution in [2.24, 2.45) is 11.8 Å². The first-order chi connectivity index (χ1) is 8.65. The van der Waals surface area contributed by atoms with Gasteiger partial charge in [-0.05, 0) is 61.9 Å². The van der Waals surface area contributed by atoms with Crippen molar-refractivity contribution >= 4 is 15.9 Å². The normalized spacial score (nSPS) is 18.4. The molecule has 1 aromatic carbocycles. The molecule has 2 rings (SSSR count). The molecule has 0 aromatic heterocycles. The Balaban J connectivity index is 2.12. The van der Waals surface area contributed by atoms with Crippen LogP contribution in [0.1, 0.15) is 25.3 Å². The van der Waals surface area contributed by atoms with Crippen molar-refractivity contribution in [3.63, 3.8) is 0 Å². The summed E-state index contributed by atoms with van der Waals surface area (Å²) in [5, 5.41) is 3.47. The fourth-order valence-electron chi connectivity index (χ4n) is 2.64. The molecule has 0 bridgehead atoms. The van der Waals surface area contributed by atoms with Gasteiger partial charge in [0.2, 0.25) is 0 Å². The van der Waals surface area contributed by atoms with Gasteiger partial charge in [0.15, 0.2) is 0 Å². The predicted molar refractivity (Wildman–Crippen MR) is 79.1 cm³/mol. The van der Waals surface area contributed by atoms with Gasteiger partial charge in [-0.15, -0.1) is 0 Å². The van der Waals surface area contributed by atoms with E-state index in [2.05, 4.69) is 41.3 Å². The summed E-state index contributed by atoms with van der Waals surface area (Å²) in [6.07, 6.45) is 3.82. The maximum Gasteiger partial charge on any atom is 0.122 e.